The number of hydrogen-bond donors (Lipinski definition) is 1. The predicted octanol–water partition coefficient (Wildman–Crippen LogP) is 1.34. The van der Waals surface area contributed by atoms with Crippen LogP contribution in [0.5, 0.6) is 11.5 Å². The zero-order valence-corrected chi connectivity index (χ0v) is 13.5. The van der Waals surface area contributed by atoms with Gasteiger partial charge in [0.2, 0.25) is 0 Å². The number of aliphatic hydroxyl groups is 1. The molecule has 22 heavy (non-hydrogen) atoms. The van der Waals surface area contributed by atoms with Crippen molar-refractivity contribution in [3.05, 3.63) is 23.8 Å². The van der Waals surface area contributed by atoms with Crippen LogP contribution in [0.15, 0.2) is 18.2 Å². The SMILES string of the molecule is C[C@@H]1CN(Cc2cccc3c2OCCO3)CCN1C[C@@H](C)O. The van der Waals surface area contributed by atoms with Crippen molar-refractivity contribution in [3.63, 3.8) is 0 Å². The van der Waals surface area contributed by atoms with Crippen molar-refractivity contribution in [2.75, 3.05) is 39.4 Å². The van der Waals surface area contributed by atoms with E-state index in [-0.39, 0.29) is 6.10 Å². The lowest BCUT2D eigenvalue weighted by Crippen LogP contribution is -2.53. The Morgan fingerprint density at radius 3 is 2.86 bits per heavy atom. The molecule has 0 bridgehead atoms. The number of fused-ring (bicyclic) bond motifs is 1. The van der Waals surface area contributed by atoms with Crippen molar-refractivity contribution < 1.29 is 14.6 Å². The third-order valence-corrected chi connectivity index (χ3v) is 4.39. The molecule has 1 aromatic rings. The van der Waals surface area contributed by atoms with E-state index >= 15 is 0 Å². The summed E-state index contributed by atoms with van der Waals surface area (Å²) in [6.45, 7) is 10.0. The Hall–Kier alpha value is -1.30. The highest BCUT2D eigenvalue weighted by Gasteiger charge is 2.25. The maximum absolute atomic E-state index is 9.57. The smallest absolute Gasteiger partial charge is 0.165 e. The highest BCUT2D eigenvalue weighted by molar-refractivity contribution is 5.47. The van der Waals surface area contributed by atoms with Crippen LogP contribution in [0.2, 0.25) is 0 Å². The zero-order chi connectivity index (χ0) is 15.5. The quantitative estimate of drug-likeness (QED) is 0.910. The normalized spacial score (nSPS) is 24.2. The summed E-state index contributed by atoms with van der Waals surface area (Å²) in [7, 11) is 0. The number of aliphatic hydroxyl groups excluding tert-OH is 1. The fourth-order valence-corrected chi connectivity index (χ4v) is 3.32. The molecule has 1 saturated heterocycles. The van der Waals surface area contributed by atoms with E-state index in [1.165, 1.54) is 5.56 Å². The number of benzene rings is 1. The molecule has 0 aromatic heterocycles. The van der Waals surface area contributed by atoms with Gasteiger partial charge in [-0.1, -0.05) is 12.1 Å². The summed E-state index contributed by atoms with van der Waals surface area (Å²) < 4.78 is 11.5. The summed E-state index contributed by atoms with van der Waals surface area (Å²) in [5, 5.41) is 9.57. The highest BCUT2D eigenvalue weighted by Crippen LogP contribution is 2.34. The number of para-hydroxylation sites is 1. The Kier molecular flexibility index (Phi) is 4.86. The Balaban J connectivity index is 1.63. The summed E-state index contributed by atoms with van der Waals surface area (Å²) >= 11 is 0. The Labute approximate surface area is 132 Å². The number of nitrogens with zero attached hydrogens (tertiary/aromatic N) is 2. The Bertz CT molecular complexity index is 507. The first-order valence-electron chi connectivity index (χ1n) is 8.15. The minimum atomic E-state index is -0.263. The summed E-state index contributed by atoms with van der Waals surface area (Å²) in [6.07, 6.45) is -0.263. The fraction of sp³-hybridized carbons (Fsp3) is 0.647. The molecule has 0 unspecified atom stereocenters. The van der Waals surface area contributed by atoms with Crippen LogP contribution in [0, 0.1) is 0 Å². The Morgan fingerprint density at radius 1 is 1.27 bits per heavy atom. The lowest BCUT2D eigenvalue weighted by atomic mass is 10.1. The van der Waals surface area contributed by atoms with Gasteiger partial charge in [0.05, 0.1) is 6.10 Å². The van der Waals surface area contributed by atoms with Crippen molar-refractivity contribution >= 4 is 0 Å². The topological polar surface area (TPSA) is 45.2 Å². The minimum absolute atomic E-state index is 0.263. The van der Waals surface area contributed by atoms with Crippen LogP contribution < -0.4 is 9.47 Å². The third-order valence-electron chi connectivity index (χ3n) is 4.39. The molecule has 1 N–H and O–H groups in total. The first-order chi connectivity index (χ1) is 10.6. The zero-order valence-electron chi connectivity index (χ0n) is 13.5. The van der Waals surface area contributed by atoms with Crippen molar-refractivity contribution in [1.82, 2.24) is 9.80 Å². The van der Waals surface area contributed by atoms with Gasteiger partial charge >= 0.3 is 0 Å². The molecule has 0 saturated carbocycles. The van der Waals surface area contributed by atoms with Gasteiger partial charge in [-0.2, -0.15) is 0 Å². The van der Waals surface area contributed by atoms with Crippen molar-refractivity contribution in [2.45, 2.75) is 32.5 Å². The lowest BCUT2D eigenvalue weighted by molar-refractivity contribution is 0.0417. The molecule has 3 rings (SSSR count). The highest BCUT2D eigenvalue weighted by atomic mass is 16.6. The molecule has 5 nitrogen and oxygen atoms in total. The maximum Gasteiger partial charge on any atom is 0.165 e. The molecule has 2 aliphatic rings. The molecule has 0 spiro atoms. The van der Waals surface area contributed by atoms with Crippen molar-refractivity contribution in [1.29, 1.82) is 0 Å². The van der Waals surface area contributed by atoms with E-state index in [2.05, 4.69) is 22.8 Å². The monoisotopic (exact) mass is 306 g/mol. The molecule has 2 heterocycles. The molecule has 0 aliphatic carbocycles. The van der Waals surface area contributed by atoms with Crippen LogP contribution in [-0.2, 0) is 6.54 Å². The molecule has 1 fully saturated rings. The second-order valence-corrected chi connectivity index (χ2v) is 6.37. The molecule has 122 valence electrons. The second-order valence-electron chi connectivity index (χ2n) is 6.37. The van der Waals surface area contributed by atoms with Crippen LogP contribution >= 0.6 is 0 Å². The fourth-order valence-electron chi connectivity index (χ4n) is 3.32. The van der Waals surface area contributed by atoms with E-state index in [1.54, 1.807) is 0 Å². The van der Waals surface area contributed by atoms with Crippen LogP contribution in [-0.4, -0.2) is 66.4 Å². The molecule has 2 aliphatic heterocycles. The minimum Gasteiger partial charge on any atom is -0.486 e. The van der Waals surface area contributed by atoms with Crippen LogP contribution in [0.4, 0.5) is 0 Å². The van der Waals surface area contributed by atoms with Gasteiger partial charge in [0, 0.05) is 44.3 Å². The van der Waals surface area contributed by atoms with E-state index < -0.39 is 0 Å². The Morgan fingerprint density at radius 2 is 2.09 bits per heavy atom. The molecule has 1 aromatic carbocycles. The van der Waals surface area contributed by atoms with Crippen LogP contribution in [0.1, 0.15) is 19.4 Å². The molecule has 0 radical (unpaired) electrons. The second kappa shape index (κ2) is 6.86. The van der Waals surface area contributed by atoms with Crippen molar-refractivity contribution in [2.24, 2.45) is 0 Å². The first-order valence-corrected chi connectivity index (χ1v) is 8.15. The molecule has 2 atom stereocenters. The van der Waals surface area contributed by atoms with E-state index in [0.29, 0.717) is 19.3 Å². The number of rotatable bonds is 4. The summed E-state index contributed by atoms with van der Waals surface area (Å²) in [5.41, 5.74) is 1.20. The number of ether oxygens (including phenoxy) is 2. The summed E-state index contributed by atoms with van der Waals surface area (Å²) in [6, 6.07) is 6.59. The molecule has 5 heteroatoms. The van der Waals surface area contributed by atoms with E-state index in [4.69, 9.17) is 9.47 Å². The van der Waals surface area contributed by atoms with Crippen molar-refractivity contribution in [3.8, 4) is 11.5 Å². The van der Waals surface area contributed by atoms with E-state index in [9.17, 15) is 5.11 Å². The van der Waals surface area contributed by atoms with Gasteiger partial charge in [-0.3, -0.25) is 9.80 Å². The van der Waals surface area contributed by atoms with E-state index in [1.807, 2.05) is 19.1 Å². The maximum atomic E-state index is 9.57. The van der Waals surface area contributed by atoms with Gasteiger partial charge in [-0.15, -0.1) is 0 Å². The first kappa shape index (κ1) is 15.6. The molecule has 0 amide bonds. The lowest BCUT2D eigenvalue weighted by Gasteiger charge is -2.40. The average Bonchev–Trinajstić information content (AvgIpc) is 2.50. The van der Waals surface area contributed by atoms with E-state index in [0.717, 1.165) is 44.2 Å². The van der Waals surface area contributed by atoms with Gasteiger partial charge in [0.15, 0.2) is 11.5 Å². The number of β-amino-alcohol motifs (C(OH)–C–C–N with tert-alkyl or cyclic N) is 1. The standard InChI is InChI=1S/C17H26N2O3/c1-13-10-18(6-7-19(13)11-14(2)20)12-15-4-3-5-16-17(15)22-9-8-21-16/h3-5,13-14,20H,6-12H2,1-2H3/t13-,14-/m1/s1. The average molecular weight is 306 g/mol. The van der Waals surface area contributed by atoms with Gasteiger partial charge in [-0.25, -0.2) is 0 Å². The van der Waals surface area contributed by atoms with Crippen LogP contribution in [0.3, 0.4) is 0 Å². The third kappa shape index (κ3) is 3.54. The number of hydrogen-bond acceptors (Lipinski definition) is 5. The predicted molar refractivity (Wildman–Crippen MR) is 85.4 cm³/mol. The van der Waals surface area contributed by atoms with Gasteiger partial charge in [0.25, 0.3) is 0 Å². The molecular formula is C17H26N2O3. The van der Waals surface area contributed by atoms with Gasteiger partial charge < -0.3 is 14.6 Å². The summed E-state index contributed by atoms with van der Waals surface area (Å²) in [5.74, 6) is 1.78. The summed E-state index contributed by atoms with van der Waals surface area (Å²) in [4.78, 5) is 4.82. The van der Waals surface area contributed by atoms with Gasteiger partial charge in [-0.05, 0) is 19.9 Å². The van der Waals surface area contributed by atoms with Crippen LogP contribution in [0.25, 0.3) is 0 Å². The van der Waals surface area contributed by atoms with Gasteiger partial charge in [0.1, 0.15) is 13.2 Å². The largest absolute Gasteiger partial charge is 0.486 e. The number of piperazine rings is 1. The molecular weight excluding hydrogens is 280 g/mol.